The van der Waals surface area contributed by atoms with Crippen LogP contribution in [0.4, 0.5) is 5.69 Å². The molecular formula is C61H72N6O17. The number of hydrogen-bond acceptors (Lipinski definition) is 18. The summed E-state index contributed by atoms with van der Waals surface area (Å²) in [5.74, 6) is -14.1. The molecular weight excluding hydrogens is 1090 g/mol. The summed E-state index contributed by atoms with van der Waals surface area (Å²) in [7, 11) is 0. The number of fused-ring (bicyclic) bond motifs is 6. The van der Waals surface area contributed by atoms with Crippen LogP contribution in [-0.4, -0.2) is 163 Å². The molecule has 0 spiro atoms. The number of nitrogens with zero attached hydrogens (tertiary/aromatic N) is 3. The number of H-pyrrole nitrogens is 1. The van der Waals surface area contributed by atoms with E-state index in [0.29, 0.717) is 78.7 Å². The molecule has 84 heavy (non-hydrogen) atoms. The number of nitrogens with two attached hydrogens (primary N) is 1. The number of aromatic nitrogens is 2. The Bertz CT molecular complexity index is 3310. The lowest BCUT2D eigenvalue weighted by Crippen LogP contribution is -2.67. The maximum Gasteiger partial charge on any atom is 0.355 e. The minimum atomic E-state index is -3.38. The maximum atomic E-state index is 15.7. The standard InChI is InChI=1S/C61H72N6O17/c62-58(65-26-33-6-2-1-3-7-33)64-21-5-9-40(71)18-15-35-25-59(57(80)81)51(50(35)60-38(17-14-36(28-68)41(60)29-69)16-13-34-8-4-10-44(73)49(34)60)48-42(24-45(52(75)54(48)77)83-61(82)56(79)55(78)53(76)46(30-70)84-61)67(59)47(74)20-12-32-11-19-43(72)37(22-32)23-39-27-63-31-66-39/h1-4,6-8,10-12,19-20,22,24-25,27,31,36,38,40-41,46,50-51,53,55-56,68-73,75-79,82H,5,9,13-18,21,23,26,28-30H2,(H,63,66)(H,80,81)(H3,62,64,65). The Hall–Kier alpha value is -7.58. The summed E-state index contributed by atoms with van der Waals surface area (Å²) in [5, 5.41) is 153. The fourth-order valence-electron chi connectivity index (χ4n) is 14.3. The number of hydrogen-bond donors (Lipinski definition) is 16. The summed E-state index contributed by atoms with van der Waals surface area (Å²) in [4.78, 5) is 43.0. The molecule has 1 saturated carbocycles. The van der Waals surface area contributed by atoms with Crippen molar-refractivity contribution >= 4 is 29.6 Å². The Labute approximate surface area is 483 Å². The average Bonchev–Trinajstić information content (AvgIpc) is 1.47. The number of carbonyl (C=O) groups is 2. The minimum Gasteiger partial charge on any atom is -0.508 e. The van der Waals surface area contributed by atoms with E-state index in [-0.39, 0.29) is 48.7 Å². The third-order valence-corrected chi connectivity index (χ3v) is 18.1. The zero-order valence-corrected chi connectivity index (χ0v) is 45.9. The number of carbonyl (C=O) groups excluding carboxylic acids is 1. The van der Waals surface area contributed by atoms with E-state index in [1.165, 1.54) is 36.7 Å². The SMILES string of the molecule is NC(=NCc1ccccc1)NCCCC(O)CCC1=CC2(C(=O)O)C(c3c(cc(OC4(O)OC(CO)C(O)C(O)C4O)c(O)c3O)N2C(=O)C=Cc2ccc(O)c(Cc3cnc[nH]3)c2)C1C12c3c(O)cccc3CCC1CCC(CO)C2CO. The molecule has 23 heteroatoms. The number of imidazole rings is 1. The monoisotopic (exact) mass is 1160 g/mol. The smallest absolute Gasteiger partial charge is 0.355 e. The number of guanidine groups is 1. The fourth-order valence-corrected chi connectivity index (χ4v) is 14.3. The Morgan fingerprint density at radius 1 is 0.917 bits per heavy atom. The van der Waals surface area contributed by atoms with Crippen LogP contribution in [0.15, 0.2) is 108 Å². The molecule has 13 unspecified atom stereocenters. The van der Waals surface area contributed by atoms with Gasteiger partial charge in [0.25, 0.3) is 5.91 Å². The molecule has 0 radical (unpaired) electrons. The first kappa shape index (κ1) is 59.6. The van der Waals surface area contributed by atoms with Gasteiger partial charge in [-0.3, -0.25) is 9.69 Å². The number of aliphatic hydroxyl groups is 8. The number of aliphatic hydroxyl groups excluding tert-OH is 7. The number of carboxylic acids is 1. The lowest BCUT2D eigenvalue weighted by Gasteiger charge is -2.60. The summed E-state index contributed by atoms with van der Waals surface area (Å²) < 4.78 is 11.1. The third-order valence-electron chi connectivity index (χ3n) is 18.1. The number of phenolic OH excluding ortho intramolecular Hbond substituents is 4. The van der Waals surface area contributed by atoms with E-state index in [2.05, 4.69) is 20.3 Å². The van der Waals surface area contributed by atoms with E-state index in [0.717, 1.165) is 22.6 Å². The number of aromatic amines is 1. The van der Waals surface area contributed by atoms with Gasteiger partial charge in [-0.1, -0.05) is 54.1 Å². The topological polar surface area (TPSA) is 398 Å². The van der Waals surface area contributed by atoms with Crippen molar-refractivity contribution in [2.24, 2.45) is 34.4 Å². The van der Waals surface area contributed by atoms with Crippen molar-refractivity contribution in [1.29, 1.82) is 0 Å². The molecule has 3 aliphatic carbocycles. The van der Waals surface area contributed by atoms with Gasteiger partial charge in [0.05, 0.1) is 31.3 Å². The predicted molar refractivity (Wildman–Crippen MR) is 302 cm³/mol. The van der Waals surface area contributed by atoms with Gasteiger partial charge in [0, 0.05) is 84.2 Å². The number of nitrogens with one attached hydrogen (secondary N) is 2. The molecule has 10 rings (SSSR count). The number of aryl methyl sites for hydroxylation is 1. The molecule has 5 aliphatic rings. The first-order valence-corrected chi connectivity index (χ1v) is 28.2. The van der Waals surface area contributed by atoms with Crippen LogP contribution >= 0.6 is 0 Å². The second-order valence-corrected chi connectivity index (χ2v) is 22.7. The van der Waals surface area contributed by atoms with Crippen molar-refractivity contribution in [1.82, 2.24) is 15.3 Å². The number of aliphatic imine (C=N–C) groups is 1. The molecule has 17 N–H and O–H groups in total. The van der Waals surface area contributed by atoms with Crippen molar-refractivity contribution in [3.63, 3.8) is 0 Å². The molecule has 1 saturated heterocycles. The van der Waals surface area contributed by atoms with Crippen LogP contribution in [0, 0.1) is 23.7 Å². The Kier molecular flexibility index (Phi) is 17.2. The van der Waals surface area contributed by atoms with Crippen molar-refractivity contribution in [2.75, 3.05) is 31.3 Å². The van der Waals surface area contributed by atoms with Crippen LogP contribution in [0.2, 0.25) is 0 Å². The zero-order chi connectivity index (χ0) is 59.8. The quantitative estimate of drug-likeness (QED) is 0.0101. The number of amides is 1. The van der Waals surface area contributed by atoms with Crippen molar-refractivity contribution < 1.29 is 85.4 Å². The molecule has 448 valence electrons. The van der Waals surface area contributed by atoms with Crippen LogP contribution in [0.5, 0.6) is 28.7 Å². The van der Waals surface area contributed by atoms with Gasteiger partial charge in [-0.15, -0.1) is 0 Å². The number of aromatic hydroxyl groups is 4. The molecule has 4 aromatic carbocycles. The first-order chi connectivity index (χ1) is 40.3. The van der Waals surface area contributed by atoms with E-state index in [1.54, 1.807) is 18.3 Å². The predicted octanol–water partition coefficient (Wildman–Crippen LogP) is 2.38. The molecule has 2 aliphatic heterocycles. The number of benzene rings is 4. The molecule has 13 atom stereocenters. The van der Waals surface area contributed by atoms with Crippen LogP contribution in [0.3, 0.4) is 0 Å². The Morgan fingerprint density at radius 2 is 1.70 bits per heavy atom. The molecule has 2 fully saturated rings. The number of anilines is 1. The number of allylic oxidation sites excluding steroid dienone is 1. The summed E-state index contributed by atoms with van der Waals surface area (Å²) in [6.45, 7) is -1.31. The highest BCUT2D eigenvalue weighted by Gasteiger charge is 2.72. The lowest BCUT2D eigenvalue weighted by molar-refractivity contribution is -0.422. The molecule has 0 bridgehead atoms. The van der Waals surface area contributed by atoms with Crippen molar-refractivity contribution in [2.45, 2.75) is 118 Å². The summed E-state index contributed by atoms with van der Waals surface area (Å²) >= 11 is 0. The Balaban J connectivity index is 1.13. The maximum absolute atomic E-state index is 15.7. The number of phenols is 4. The van der Waals surface area contributed by atoms with Crippen molar-refractivity contribution in [3.8, 4) is 28.7 Å². The third kappa shape index (κ3) is 10.5. The van der Waals surface area contributed by atoms with Gasteiger partial charge in [-0.05, 0) is 116 Å². The van der Waals surface area contributed by atoms with Gasteiger partial charge in [0.2, 0.25) is 5.75 Å². The zero-order valence-electron chi connectivity index (χ0n) is 45.9. The van der Waals surface area contributed by atoms with E-state index in [1.807, 2.05) is 36.4 Å². The largest absolute Gasteiger partial charge is 0.508 e. The van der Waals surface area contributed by atoms with Crippen LogP contribution < -0.4 is 20.7 Å². The highest BCUT2D eigenvalue weighted by Crippen LogP contribution is 2.72. The normalized spacial score (nSPS) is 29.4. The number of ether oxygens (including phenoxy) is 2. The molecule has 3 heterocycles. The second-order valence-electron chi connectivity index (χ2n) is 22.7. The van der Waals surface area contributed by atoms with Gasteiger partial charge >= 0.3 is 11.9 Å². The number of rotatable bonds is 20. The van der Waals surface area contributed by atoms with E-state index in [9.17, 15) is 66.4 Å². The van der Waals surface area contributed by atoms with Crippen LogP contribution in [0.25, 0.3) is 6.08 Å². The van der Waals surface area contributed by atoms with Gasteiger partial charge in [0.1, 0.15) is 29.8 Å². The van der Waals surface area contributed by atoms with E-state index < -0.39 is 132 Å². The second kappa shape index (κ2) is 24.2. The highest BCUT2D eigenvalue weighted by atomic mass is 16.8. The summed E-state index contributed by atoms with van der Waals surface area (Å²) in [6, 6.07) is 20.0. The Morgan fingerprint density at radius 3 is 2.42 bits per heavy atom. The van der Waals surface area contributed by atoms with Crippen LogP contribution in [-0.2, 0) is 39.1 Å². The van der Waals surface area contributed by atoms with Crippen molar-refractivity contribution in [3.05, 3.63) is 142 Å². The average molecular weight is 1160 g/mol. The van der Waals surface area contributed by atoms with E-state index >= 15 is 9.59 Å². The number of carboxylic acid groups (broad SMARTS) is 1. The lowest BCUT2D eigenvalue weighted by atomic mass is 9.43. The molecule has 1 aromatic heterocycles. The molecule has 5 aromatic rings. The molecule has 23 nitrogen and oxygen atoms in total. The minimum absolute atomic E-state index is 0.0205. The summed E-state index contributed by atoms with van der Waals surface area (Å²) in [6.07, 6.45) is 0.0685. The van der Waals surface area contributed by atoms with Gasteiger partial charge in [-0.25, -0.2) is 14.8 Å². The van der Waals surface area contributed by atoms with Crippen LogP contribution in [0.1, 0.15) is 89.9 Å². The molecule has 1 amide bonds. The van der Waals surface area contributed by atoms with E-state index in [4.69, 9.17) is 15.2 Å². The number of aliphatic carboxylic acids is 1. The van der Waals surface area contributed by atoms with Gasteiger partial charge < -0.3 is 91.9 Å². The van der Waals surface area contributed by atoms with Gasteiger partial charge in [-0.2, -0.15) is 0 Å². The first-order valence-electron chi connectivity index (χ1n) is 28.2. The summed E-state index contributed by atoms with van der Waals surface area (Å²) in [5.41, 5.74) is 5.19. The fraction of sp³-hybridized carbons (Fsp3) is 0.443. The highest BCUT2D eigenvalue weighted by molar-refractivity contribution is 6.13. The van der Waals surface area contributed by atoms with Gasteiger partial charge in [0.15, 0.2) is 29.1 Å².